The quantitative estimate of drug-likeness (QED) is 0.506. The Morgan fingerprint density at radius 3 is 3.00 bits per heavy atom. The molecule has 0 atom stereocenters. The van der Waals surface area contributed by atoms with Gasteiger partial charge in [-0.25, -0.2) is 4.98 Å². The molecule has 0 spiro atoms. The Morgan fingerprint density at radius 2 is 2.22 bits per heavy atom. The number of ether oxygens (including phenoxy) is 1. The van der Waals surface area contributed by atoms with Gasteiger partial charge in [-0.3, -0.25) is 9.59 Å². The van der Waals surface area contributed by atoms with Crippen LogP contribution in [0.5, 0.6) is 0 Å². The summed E-state index contributed by atoms with van der Waals surface area (Å²) >= 11 is 1.38. The zero-order valence-electron chi connectivity index (χ0n) is 10.3. The fraction of sp³-hybridized carbons (Fsp3) is 0.583. The van der Waals surface area contributed by atoms with Crippen LogP contribution < -0.4 is 5.56 Å². The number of aromatic nitrogens is 2. The van der Waals surface area contributed by atoms with E-state index in [1.165, 1.54) is 18.9 Å². The molecular weight excluding hydrogens is 252 g/mol. The standard InChI is InChI=1S/C12H16N2O3S/c1-17-10(15)6-7-18-12-13-9-5-3-2-4-8(9)11(16)14-12/h2-7H2,1H3,(H,13,14,16). The lowest BCUT2D eigenvalue weighted by atomic mass is 9.97. The molecule has 1 heterocycles. The van der Waals surface area contributed by atoms with E-state index >= 15 is 0 Å². The molecule has 0 saturated carbocycles. The molecule has 98 valence electrons. The second-order valence-corrected chi connectivity index (χ2v) is 5.26. The van der Waals surface area contributed by atoms with E-state index in [-0.39, 0.29) is 11.5 Å². The van der Waals surface area contributed by atoms with Crippen molar-refractivity contribution in [2.45, 2.75) is 37.3 Å². The number of esters is 1. The van der Waals surface area contributed by atoms with Crippen LogP contribution in [-0.2, 0) is 22.4 Å². The monoisotopic (exact) mass is 268 g/mol. The van der Waals surface area contributed by atoms with Gasteiger partial charge in [0.1, 0.15) is 0 Å². The molecule has 0 bridgehead atoms. The average Bonchev–Trinajstić information content (AvgIpc) is 2.38. The van der Waals surface area contributed by atoms with Crippen molar-refractivity contribution >= 4 is 17.7 Å². The number of thioether (sulfide) groups is 1. The summed E-state index contributed by atoms with van der Waals surface area (Å²) < 4.78 is 4.56. The lowest BCUT2D eigenvalue weighted by Crippen LogP contribution is -2.21. The van der Waals surface area contributed by atoms with Crippen LogP contribution in [0.3, 0.4) is 0 Å². The molecule has 0 saturated heterocycles. The predicted octanol–water partition coefficient (Wildman–Crippen LogP) is 1.30. The predicted molar refractivity (Wildman–Crippen MR) is 68.9 cm³/mol. The van der Waals surface area contributed by atoms with Crippen LogP contribution in [0, 0.1) is 0 Å². The third-order valence-corrected chi connectivity index (χ3v) is 3.82. The number of carbonyl (C=O) groups is 1. The highest BCUT2D eigenvalue weighted by atomic mass is 32.2. The first-order chi connectivity index (χ1) is 8.70. The third-order valence-electron chi connectivity index (χ3n) is 2.94. The van der Waals surface area contributed by atoms with E-state index in [1.54, 1.807) is 0 Å². The lowest BCUT2D eigenvalue weighted by Gasteiger charge is -2.14. The first-order valence-corrected chi connectivity index (χ1v) is 7.01. The summed E-state index contributed by atoms with van der Waals surface area (Å²) in [6, 6.07) is 0. The van der Waals surface area contributed by atoms with Crippen molar-refractivity contribution in [1.29, 1.82) is 0 Å². The Labute approximate surface area is 109 Å². The van der Waals surface area contributed by atoms with Crippen molar-refractivity contribution in [3.05, 3.63) is 21.6 Å². The van der Waals surface area contributed by atoms with E-state index in [4.69, 9.17) is 0 Å². The molecule has 1 aromatic rings. The number of nitrogens with zero attached hydrogens (tertiary/aromatic N) is 1. The Hall–Kier alpha value is -1.30. The van der Waals surface area contributed by atoms with Crippen LogP contribution in [0.1, 0.15) is 30.5 Å². The number of fused-ring (bicyclic) bond motifs is 1. The molecule has 1 aliphatic carbocycles. The zero-order chi connectivity index (χ0) is 13.0. The number of nitrogens with one attached hydrogen (secondary N) is 1. The zero-order valence-corrected chi connectivity index (χ0v) is 11.1. The number of H-pyrrole nitrogens is 1. The van der Waals surface area contributed by atoms with Gasteiger partial charge in [-0.05, 0) is 25.7 Å². The van der Waals surface area contributed by atoms with Gasteiger partial charge in [0.2, 0.25) is 0 Å². The Bertz CT molecular complexity index is 499. The molecule has 0 unspecified atom stereocenters. The molecule has 5 nitrogen and oxygen atoms in total. The van der Waals surface area contributed by atoms with Gasteiger partial charge >= 0.3 is 5.97 Å². The van der Waals surface area contributed by atoms with Gasteiger partial charge in [0, 0.05) is 11.3 Å². The largest absolute Gasteiger partial charge is 0.469 e. The van der Waals surface area contributed by atoms with E-state index in [0.29, 0.717) is 17.3 Å². The molecule has 1 N–H and O–H groups in total. The molecule has 0 radical (unpaired) electrons. The van der Waals surface area contributed by atoms with Gasteiger partial charge in [0.05, 0.1) is 19.2 Å². The minimum absolute atomic E-state index is 0.0275. The van der Waals surface area contributed by atoms with Crippen LogP contribution in [0.4, 0.5) is 0 Å². The SMILES string of the molecule is COC(=O)CCSc1nc2c(c(=O)[nH]1)CCCC2. The van der Waals surface area contributed by atoms with Crippen LogP contribution in [0.15, 0.2) is 9.95 Å². The highest BCUT2D eigenvalue weighted by molar-refractivity contribution is 7.99. The fourth-order valence-corrected chi connectivity index (χ4v) is 2.78. The van der Waals surface area contributed by atoms with Crippen molar-refractivity contribution in [3.63, 3.8) is 0 Å². The summed E-state index contributed by atoms with van der Waals surface area (Å²) in [5.41, 5.74) is 1.73. The summed E-state index contributed by atoms with van der Waals surface area (Å²) in [5, 5.41) is 0.601. The molecule has 18 heavy (non-hydrogen) atoms. The van der Waals surface area contributed by atoms with E-state index in [1.807, 2.05) is 0 Å². The second-order valence-electron chi connectivity index (χ2n) is 4.18. The molecule has 1 aromatic heterocycles. The van der Waals surface area contributed by atoms with Crippen molar-refractivity contribution in [2.24, 2.45) is 0 Å². The Morgan fingerprint density at radius 1 is 1.44 bits per heavy atom. The van der Waals surface area contributed by atoms with Crippen LogP contribution in [-0.4, -0.2) is 28.8 Å². The van der Waals surface area contributed by atoms with E-state index in [2.05, 4.69) is 14.7 Å². The topological polar surface area (TPSA) is 72.0 Å². The second kappa shape index (κ2) is 6.04. The van der Waals surface area contributed by atoms with Gasteiger partial charge in [0.15, 0.2) is 5.16 Å². The molecule has 0 amide bonds. The minimum Gasteiger partial charge on any atom is -0.469 e. The van der Waals surface area contributed by atoms with Gasteiger partial charge in [-0.15, -0.1) is 0 Å². The first-order valence-electron chi connectivity index (χ1n) is 6.02. The molecule has 0 fully saturated rings. The molecule has 2 rings (SSSR count). The summed E-state index contributed by atoms with van der Waals surface area (Å²) in [5.74, 6) is 0.316. The van der Waals surface area contributed by atoms with Crippen molar-refractivity contribution in [3.8, 4) is 0 Å². The van der Waals surface area contributed by atoms with Gasteiger partial charge in [0.25, 0.3) is 5.56 Å². The first kappa shape index (κ1) is 13.1. The number of hydrogen-bond acceptors (Lipinski definition) is 5. The number of hydrogen-bond donors (Lipinski definition) is 1. The Balaban J connectivity index is 2.03. The summed E-state index contributed by atoms with van der Waals surface area (Å²) in [7, 11) is 1.37. The summed E-state index contributed by atoms with van der Waals surface area (Å²) in [4.78, 5) is 30.0. The van der Waals surface area contributed by atoms with Crippen LogP contribution >= 0.6 is 11.8 Å². The number of aryl methyl sites for hydroxylation is 1. The van der Waals surface area contributed by atoms with E-state index in [9.17, 15) is 9.59 Å². The molecule has 1 aliphatic rings. The van der Waals surface area contributed by atoms with E-state index < -0.39 is 0 Å². The van der Waals surface area contributed by atoms with Crippen LogP contribution in [0.25, 0.3) is 0 Å². The number of aromatic amines is 1. The highest BCUT2D eigenvalue weighted by Gasteiger charge is 2.15. The van der Waals surface area contributed by atoms with Crippen molar-refractivity contribution in [1.82, 2.24) is 9.97 Å². The maximum absolute atomic E-state index is 11.8. The molecule has 0 aromatic carbocycles. The lowest BCUT2D eigenvalue weighted by molar-refractivity contribution is -0.140. The minimum atomic E-state index is -0.247. The summed E-state index contributed by atoms with van der Waals surface area (Å²) in [6.45, 7) is 0. The number of carbonyl (C=O) groups excluding carboxylic acids is 1. The fourth-order valence-electron chi connectivity index (χ4n) is 1.98. The van der Waals surface area contributed by atoms with Crippen molar-refractivity contribution in [2.75, 3.05) is 12.9 Å². The normalized spacial score (nSPS) is 14.1. The molecule has 0 aliphatic heterocycles. The van der Waals surface area contributed by atoms with Gasteiger partial charge in [-0.2, -0.15) is 0 Å². The van der Waals surface area contributed by atoms with Crippen molar-refractivity contribution < 1.29 is 9.53 Å². The third kappa shape index (κ3) is 3.13. The highest BCUT2D eigenvalue weighted by Crippen LogP contribution is 2.19. The van der Waals surface area contributed by atoms with Gasteiger partial charge < -0.3 is 9.72 Å². The van der Waals surface area contributed by atoms with Gasteiger partial charge in [-0.1, -0.05) is 11.8 Å². The maximum Gasteiger partial charge on any atom is 0.306 e. The number of rotatable bonds is 4. The maximum atomic E-state index is 11.8. The van der Waals surface area contributed by atoms with E-state index in [0.717, 1.165) is 36.9 Å². The number of methoxy groups -OCH3 is 1. The Kier molecular flexibility index (Phi) is 4.41. The average molecular weight is 268 g/mol. The smallest absolute Gasteiger partial charge is 0.306 e. The molecule has 6 heteroatoms. The molecular formula is C12H16N2O3S. The van der Waals surface area contributed by atoms with Crippen LogP contribution in [0.2, 0.25) is 0 Å². The summed E-state index contributed by atoms with van der Waals surface area (Å²) in [6.07, 6.45) is 4.18.